The zero-order valence-corrected chi connectivity index (χ0v) is 13.1. The molecule has 0 aliphatic carbocycles. The number of fused-ring (bicyclic) bond motifs is 1. The number of aromatic nitrogens is 1. The maximum Gasteiger partial charge on any atom is 0.136 e. The summed E-state index contributed by atoms with van der Waals surface area (Å²) in [6.07, 6.45) is 3.90. The van der Waals surface area contributed by atoms with Crippen molar-refractivity contribution in [3.63, 3.8) is 0 Å². The van der Waals surface area contributed by atoms with Crippen LogP contribution >= 0.6 is 0 Å². The van der Waals surface area contributed by atoms with Crippen LogP contribution in [0.4, 0.5) is 5.82 Å². The summed E-state index contributed by atoms with van der Waals surface area (Å²) in [6, 6.07) is 10.8. The van der Waals surface area contributed by atoms with Gasteiger partial charge in [0.15, 0.2) is 0 Å². The highest BCUT2D eigenvalue weighted by Crippen LogP contribution is 2.30. The van der Waals surface area contributed by atoms with Gasteiger partial charge in [0.1, 0.15) is 5.82 Å². The van der Waals surface area contributed by atoms with Gasteiger partial charge in [0.05, 0.1) is 5.69 Å². The van der Waals surface area contributed by atoms with Crippen molar-refractivity contribution in [2.45, 2.75) is 32.7 Å². The molecule has 1 aromatic carbocycles. The van der Waals surface area contributed by atoms with Crippen LogP contribution in [-0.4, -0.2) is 25.1 Å². The Morgan fingerprint density at radius 3 is 2.71 bits per heavy atom. The van der Waals surface area contributed by atoms with E-state index in [1.165, 1.54) is 35.9 Å². The summed E-state index contributed by atoms with van der Waals surface area (Å²) in [5.41, 5.74) is 1.13. The first-order valence-electron chi connectivity index (χ1n) is 8.10. The lowest BCUT2D eigenvalue weighted by Crippen LogP contribution is -2.34. The standard InChI is InChI=1S/C18H25N3/c1-3-14-8-10-21(11-9-14)18-17-7-5-4-6-15(17)12-16(20-18)13-19-2/h4-7,12,14,19H,3,8-11,13H2,1-2H3. The van der Waals surface area contributed by atoms with E-state index in [2.05, 4.69) is 47.5 Å². The van der Waals surface area contributed by atoms with Crippen LogP contribution in [0.15, 0.2) is 30.3 Å². The third kappa shape index (κ3) is 3.03. The molecule has 1 aromatic heterocycles. The average molecular weight is 283 g/mol. The molecule has 2 aromatic rings. The number of nitrogens with one attached hydrogen (secondary N) is 1. The lowest BCUT2D eigenvalue weighted by molar-refractivity contribution is 0.394. The minimum atomic E-state index is 0.823. The van der Waals surface area contributed by atoms with E-state index in [9.17, 15) is 0 Å². The summed E-state index contributed by atoms with van der Waals surface area (Å²) in [6.45, 7) is 5.40. The molecule has 0 bridgehead atoms. The van der Waals surface area contributed by atoms with Crippen molar-refractivity contribution < 1.29 is 0 Å². The highest BCUT2D eigenvalue weighted by Gasteiger charge is 2.20. The summed E-state index contributed by atoms with van der Waals surface area (Å²) in [5.74, 6) is 2.07. The molecule has 3 heteroatoms. The molecule has 0 atom stereocenters. The summed E-state index contributed by atoms with van der Waals surface area (Å²) in [5, 5.41) is 5.80. The number of hydrogen-bond acceptors (Lipinski definition) is 3. The lowest BCUT2D eigenvalue weighted by atomic mass is 9.94. The van der Waals surface area contributed by atoms with Crippen molar-refractivity contribution in [1.82, 2.24) is 10.3 Å². The Hall–Kier alpha value is -1.61. The van der Waals surface area contributed by atoms with Crippen LogP contribution in [0.25, 0.3) is 10.8 Å². The van der Waals surface area contributed by atoms with Gasteiger partial charge in [-0.3, -0.25) is 0 Å². The molecule has 3 nitrogen and oxygen atoms in total. The van der Waals surface area contributed by atoms with E-state index in [0.29, 0.717) is 0 Å². The molecule has 1 aliphatic heterocycles. The smallest absolute Gasteiger partial charge is 0.136 e. The molecule has 0 saturated carbocycles. The van der Waals surface area contributed by atoms with Crippen LogP contribution in [-0.2, 0) is 6.54 Å². The molecule has 3 rings (SSSR count). The van der Waals surface area contributed by atoms with E-state index in [4.69, 9.17) is 4.98 Å². The summed E-state index contributed by atoms with van der Waals surface area (Å²) in [4.78, 5) is 7.41. The minimum absolute atomic E-state index is 0.823. The molecule has 21 heavy (non-hydrogen) atoms. The van der Waals surface area contributed by atoms with E-state index in [1.54, 1.807) is 0 Å². The fourth-order valence-corrected chi connectivity index (χ4v) is 3.30. The van der Waals surface area contributed by atoms with Gasteiger partial charge in [0.25, 0.3) is 0 Å². The molecule has 1 aliphatic rings. The Morgan fingerprint density at radius 2 is 2.00 bits per heavy atom. The van der Waals surface area contributed by atoms with Gasteiger partial charge in [-0.1, -0.05) is 37.6 Å². The number of nitrogens with zero attached hydrogens (tertiary/aromatic N) is 2. The Morgan fingerprint density at radius 1 is 1.24 bits per heavy atom. The van der Waals surface area contributed by atoms with Crippen molar-refractivity contribution >= 4 is 16.6 Å². The molecule has 0 spiro atoms. The van der Waals surface area contributed by atoms with Gasteiger partial charge < -0.3 is 10.2 Å². The van der Waals surface area contributed by atoms with Gasteiger partial charge in [-0.25, -0.2) is 4.98 Å². The van der Waals surface area contributed by atoms with E-state index >= 15 is 0 Å². The molecule has 0 unspecified atom stereocenters. The second-order valence-corrected chi connectivity index (χ2v) is 6.03. The molecule has 0 amide bonds. The maximum atomic E-state index is 4.93. The third-order valence-corrected chi connectivity index (χ3v) is 4.62. The van der Waals surface area contributed by atoms with Crippen LogP contribution < -0.4 is 10.2 Å². The summed E-state index contributed by atoms with van der Waals surface area (Å²) in [7, 11) is 1.98. The zero-order chi connectivity index (χ0) is 14.7. The first kappa shape index (κ1) is 14.3. The first-order valence-corrected chi connectivity index (χ1v) is 8.10. The monoisotopic (exact) mass is 283 g/mol. The van der Waals surface area contributed by atoms with Crippen LogP contribution in [0, 0.1) is 5.92 Å². The Bertz CT molecular complexity index is 600. The molecule has 1 fully saturated rings. The van der Waals surface area contributed by atoms with Gasteiger partial charge >= 0.3 is 0 Å². The topological polar surface area (TPSA) is 28.2 Å². The van der Waals surface area contributed by atoms with Gasteiger partial charge in [-0.2, -0.15) is 0 Å². The molecule has 1 saturated heterocycles. The minimum Gasteiger partial charge on any atom is -0.356 e. The van der Waals surface area contributed by atoms with Crippen molar-refractivity contribution in [3.8, 4) is 0 Å². The number of hydrogen-bond donors (Lipinski definition) is 1. The normalized spacial score (nSPS) is 16.6. The fraction of sp³-hybridized carbons (Fsp3) is 0.500. The van der Waals surface area contributed by atoms with Crippen molar-refractivity contribution in [3.05, 3.63) is 36.0 Å². The molecule has 1 N–H and O–H groups in total. The zero-order valence-electron chi connectivity index (χ0n) is 13.1. The van der Waals surface area contributed by atoms with E-state index < -0.39 is 0 Å². The third-order valence-electron chi connectivity index (χ3n) is 4.62. The van der Waals surface area contributed by atoms with E-state index in [-0.39, 0.29) is 0 Å². The Balaban J connectivity index is 1.96. The molecule has 0 radical (unpaired) electrons. The molecular formula is C18H25N3. The Labute approximate surface area is 127 Å². The second-order valence-electron chi connectivity index (χ2n) is 6.03. The van der Waals surface area contributed by atoms with E-state index in [1.807, 2.05) is 7.05 Å². The van der Waals surface area contributed by atoms with Gasteiger partial charge in [0, 0.05) is 25.0 Å². The Kier molecular flexibility index (Phi) is 4.39. The van der Waals surface area contributed by atoms with E-state index in [0.717, 1.165) is 31.2 Å². The van der Waals surface area contributed by atoms with Gasteiger partial charge in [-0.15, -0.1) is 0 Å². The van der Waals surface area contributed by atoms with Crippen LogP contribution in [0.2, 0.25) is 0 Å². The number of piperidine rings is 1. The quantitative estimate of drug-likeness (QED) is 0.929. The maximum absolute atomic E-state index is 4.93. The molecule has 112 valence electrons. The highest BCUT2D eigenvalue weighted by molar-refractivity contribution is 5.92. The van der Waals surface area contributed by atoms with Crippen LogP contribution in [0.1, 0.15) is 31.9 Å². The van der Waals surface area contributed by atoms with Crippen molar-refractivity contribution in [1.29, 1.82) is 0 Å². The first-order chi connectivity index (χ1) is 10.3. The molecular weight excluding hydrogens is 258 g/mol. The number of rotatable bonds is 4. The molecule has 2 heterocycles. The predicted molar refractivity (Wildman–Crippen MR) is 89.7 cm³/mol. The highest BCUT2D eigenvalue weighted by atomic mass is 15.2. The SMILES string of the molecule is CCC1CCN(c2nc(CNC)cc3ccccc23)CC1. The predicted octanol–water partition coefficient (Wildman–Crippen LogP) is 3.58. The lowest BCUT2D eigenvalue weighted by Gasteiger charge is -2.33. The van der Waals surface area contributed by atoms with Crippen molar-refractivity contribution in [2.75, 3.05) is 25.0 Å². The summed E-state index contributed by atoms with van der Waals surface area (Å²) < 4.78 is 0. The second kappa shape index (κ2) is 6.44. The average Bonchev–Trinajstić information content (AvgIpc) is 2.54. The fourth-order valence-electron chi connectivity index (χ4n) is 3.30. The number of anilines is 1. The van der Waals surface area contributed by atoms with Gasteiger partial charge in [-0.05, 0) is 37.3 Å². The van der Waals surface area contributed by atoms with Gasteiger partial charge in [0.2, 0.25) is 0 Å². The van der Waals surface area contributed by atoms with Crippen LogP contribution in [0.5, 0.6) is 0 Å². The van der Waals surface area contributed by atoms with Crippen LogP contribution in [0.3, 0.4) is 0 Å². The summed E-state index contributed by atoms with van der Waals surface area (Å²) >= 11 is 0. The number of pyridine rings is 1. The largest absolute Gasteiger partial charge is 0.356 e. The van der Waals surface area contributed by atoms with Crippen molar-refractivity contribution in [2.24, 2.45) is 5.92 Å². The number of benzene rings is 1.